The largest absolute Gasteiger partial charge is 0.484 e. The number of ether oxygens (including phenoxy) is 2. The third-order valence-corrected chi connectivity index (χ3v) is 5.07. The number of amides is 1. The number of allylic oxidation sites excluding steroid dienone is 1. The van der Waals surface area contributed by atoms with Crippen LogP contribution in [-0.4, -0.2) is 22.7 Å². The summed E-state index contributed by atoms with van der Waals surface area (Å²) in [7, 11) is 0. The number of rotatable bonds is 5. The number of hydrogen-bond acceptors (Lipinski definition) is 6. The molecule has 9 heteroatoms. The Balaban J connectivity index is 1.53. The summed E-state index contributed by atoms with van der Waals surface area (Å²) in [4.78, 5) is 12.2. The number of fused-ring (bicyclic) bond motifs is 1. The summed E-state index contributed by atoms with van der Waals surface area (Å²) in [6.45, 7) is 1.67. The molecule has 8 nitrogen and oxygen atoms in total. The van der Waals surface area contributed by atoms with Gasteiger partial charge in [0, 0.05) is 22.0 Å². The Labute approximate surface area is 183 Å². The third kappa shape index (κ3) is 4.17. The molecule has 31 heavy (non-hydrogen) atoms. The number of nitrogens with zero attached hydrogens (tertiary/aromatic N) is 2. The maximum absolute atomic E-state index is 12.2. The van der Waals surface area contributed by atoms with Gasteiger partial charge in [-0.15, -0.1) is 5.10 Å². The first-order valence-electron chi connectivity index (χ1n) is 9.37. The first kappa shape index (κ1) is 20.3. The maximum atomic E-state index is 12.2. The number of carbonyl (C=O) groups excluding carboxylic acids is 1. The number of benzene rings is 2. The highest BCUT2D eigenvalue weighted by atomic mass is 35.5. The number of carbonyl (C=O) groups is 1. The lowest BCUT2D eigenvalue weighted by atomic mass is 9.84. The van der Waals surface area contributed by atoms with Gasteiger partial charge in [-0.2, -0.15) is 5.26 Å². The molecule has 1 amide bonds. The molecule has 1 unspecified atom stereocenters. The van der Waals surface area contributed by atoms with Gasteiger partial charge in [0.05, 0.1) is 5.92 Å². The van der Waals surface area contributed by atoms with Crippen LogP contribution in [0.1, 0.15) is 22.7 Å². The quantitative estimate of drug-likeness (QED) is 0.562. The van der Waals surface area contributed by atoms with Crippen molar-refractivity contribution in [3.63, 3.8) is 0 Å². The van der Waals surface area contributed by atoms with Gasteiger partial charge >= 0.3 is 0 Å². The number of aromatic nitrogens is 2. The number of nitriles is 1. The molecule has 2 heterocycles. The molecule has 4 N–H and O–H groups in total. The lowest BCUT2D eigenvalue weighted by Gasteiger charge is -2.24. The van der Waals surface area contributed by atoms with Crippen LogP contribution in [-0.2, 0) is 4.79 Å². The number of nitrogens with one attached hydrogen (secondary N) is 2. The first-order chi connectivity index (χ1) is 15.0. The summed E-state index contributed by atoms with van der Waals surface area (Å²) in [5.74, 6) is 0.0641. The predicted octanol–water partition coefficient (Wildman–Crippen LogP) is 3.61. The number of H-pyrrole nitrogens is 1. The van der Waals surface area contributed by atoms with Crippen LogP contribution in [0, 0.1) is 18.3 Å². The molecule has 0 aliphatic carbocycles. The van der Waals surface area contributed by atoms with Gasteiger partial charge in [0.15, 0.2) is 6.61 Å². The molecule has 156 valence electrons. The second-order valence-corrected chi connectivity index (χ2v) is 7.34. The Morgan fingerprint density at radius 1 is 1.35 bits per heavy atom. The zero-order valence-corrected chi connectivity index (χ0v) is 17.2. The van der Waals surface area contributed by atoms with E-state index in [1.807, 2.05) is 13.0 Å². The molecule has 1 aliphatic heterocycles. The Morgan fingerprint density at radius 3 is 2.87 bits per heavy atom. The SMILES string of the molecule is Cc1[nH]nc2c1C(c1cccc(OCC(=O)Nc3ccc(Cl)cc3)c1)C(C#N)=C(N)O2. The Kier molecular flexibility index (Phi) is 5.52. The van der Waals surface area contributed by atoms with Crippen molar-refractivity contribution >= 4 is 23.2 Å². The third-order valence-electron chi connectivity index (χ3n) is 4.82. The van der Waals surface area contributed by atoms with E-state index in [1.54, 1.807) is 42.5 Å². The second-order valence-electron chi connectivity index (χ2n) is 6.91. The Hall–Kier alpha value is -3.96. The predicted molar refractivity (Wildman–Crippen MR) is 115 cm³/mol. The Morgan fingerprint density at radius 2 is 2.13 bits per heavy atom. The normalized spacial score (nSPS) is 14.9. The van der Waals surface area contributed by atoms with Gasteiger partial charge in [-0.1, -0.05) is 23.7 Å². The number of nitrogens with two attached hydrogens (primary N) is 1. The van der Waals surface area contributed by atoms with Gasteiger partial charge in [-0.25, -0.2) is 0 Å². The summed E-state index contributed by atoms with van der Waals surface area (Å²) in [6.07, 6.45) is 0. The molecular formula is C22H18ClN5O3. The zero-order valence-electron chi connectivity index (χ0n) is 16.5. The van der Waals surface area contributed by atoms with Crippen molar-refractivity contribution < 1.29 is 14.3 Å². The molecule has 0 spiro atoms. The van der Waals surface area contributed by atoms with E-state index in [-0.39, 0.29) is 24.0 Å². The van der Waals surface area contributed by atoms with Crippen LogP contribution in [0.4, 0.5) is 5.69 Å². The molecule has 0 saturated carbocycles. The van der Waals surface area contributed by atoms with Crippen LogP contribution in [0.2, 0.25) is 5.02 Å². The van der Waals surface area contributed by atoms with Gasteiger partial charge in [-0.3, -0.25) is 9.89 Å². The molecular weight excluding hydrogens is 418 g/mol. The highest BCUT2D eigenvalue weighted by Gasteiger charge is 2.34. The van der Waals surface area contributed by atoms with Crippen molar-refractivity contribution in [3.8, 4) is 17.7 Å². The standard InChI is InChI=1S/C22H18ClN5O3/c1-12-19-20(17(10-24)21(25)31-22(19)28-27-12)13-3-2-4-16(9-13)30-11-18(29)26-15-7-5-14(23)6-8-15/h2-9,20H,11,25H2,1H3,(H,26,29)(H,27,28). The monoisotopic (exact) mass is 435 g/mol. The van der Waals surface area contributed by atoms with Crippen molar-refractivity contribution in [2.45, 2.75) is 12.8 Å². The van der Waals surface area contributed by atoms with Crippen LogP contribution in [0.15, 0.2) is 60.0 Å². The molecule has 0 bridgehead atoms. The highest BCUT2D eigenvalue weighted by Crippen LogP contribution is 2.43. The minimum Gasteiger partial charge on any atom is -0.484 e. The van der Waals surface area contributed by atoms with Gasteiger partial charge in [-0.05, 0) is 48.9 Å². The molecule has 4 rings (SSSR count). The van der Waals surface area contributed by atoms with E-state index in [4.69, 9.17) is 26.8 Å². The van der Waals surface area contributed by atoms with Crippen LogP contribution < -0.4 is 20.5 Å². The van der Waals surface area contributed by atoms with Gasteiger partial charge in [0.25, 0.3) is 5.91 Å². The minimum absolute atomic E-state index is 0.0140. The highest BCUT2D eigenvalue weighted by molar-refractivity contribution is 6.30. The van der Waals surface area contributed by atoms with Gasteiger partial charge in [0.1, 0.15) is 17.4 Å². The van der Waals surface area contributed by atoms with Crippen molar-refractivity contribution in [1.82, 2.24) is 10.2 Å². The molecule has 0 fully saturated rings. The maximum Gasteiger partial charge on any atom is 0.262 e. The summed E-state index contributed by atoms with van der Waals surface area (Å²) in [6, 6.07) is 16.1. The van der Waals surface area contributed by atoms with Crippen molar-refractivity contribution in [2.75, 3.05) is 11.9 Å². The summed E-state index contributed by atoms with van der Waals surface area (Å²) in [5, 5.41) is 20.0. The topological polar surface area (TPSA) is 126 Å². The second kappa shape index (κ2) is 8.42. The van der Waals surface area contributed by atoms with E-state index >= 15 is 0 Å². The van der Waals surface area contributed by atoms with Crippen LogP contribution >= 0.6 is 11.6 Å². The van der Waals surface area contributed by atoms with Crippen molar-refractivity contribution in [1.29, 1.82) is 5.26 Å². The van der Waals surface area contributed by atoms with Crippen molar-refractivity contribution in [3.05, 3.63) is 81.8 Å². The van der Waals surface area contributed by atoms with E-state index in [2.05, 4.69) is 21.6 Å². The number of aryl methyl sites for hydroxylation is 1. The average Bonchev–Trinajstić information content (AvgIpc) is 3.13. The van der Waals surface area contributed by atoms with E-state index in [0.717, 1.165) is 16.8 Å². The van der Waals surface area contributed by atoms with Crippen LogP contribution in [0.5, 0.6) is 11.6 Å². The molecule has 3 aromatic rings. The summed E-state index contributed by atoms with van der Waals surface area (Å²) in [5.41, 5.74) is 9.14. The minimum atomic E-state index is -0.459. The molecule has 1 aromatic heterocycles. The van der Waals surface area contributed by atoms with Gasteiger partial charge in [0.2, 0.25) is 11.8 Å². The molecule has 1 atom stereocenters. The van der Waals surface area contributed by atoms with E-state index in [1.165, 1.54) is 0 Å². The average molecular weight is 436 g/mol. The van der Waals surface area contributed by atoms with Crippen LogP contribution in [0.25, 0.3) is 0 Å². The number of hydrogen-bond donors (Lipinski definition) is 3. The Bertz CT molecular complexity index is 1210. The number of halogens is 1. The molecule has 0 saturated heterocycles. The summed E-state index contributed by atoms with van der Waals surface area (Å²) >= 11 is 5.85. The molecule has 0 radical (unpaired) electrons. The number of anilines is 1. The van der Waals surface area contributed by atoms with E-state index in [0.29, 0.717) is 22.3 Å². The van der Waals surface area contributed by atoms with Crippen molar-refractivity contribution in [2.24, 2.45) is 5.73 Å². The fourth-order valence-electron chi connectivity index (χ4n) is 3.40. The summed E-state index contributed by atoms with van der Waals surface area (Å²) < 4.78 is 11.1. The smallest absolute Gasteiger partial charge is 0.262 e. The fourth-order valence-corrected chi connectivity index (χ4v) is 3.52. The fraction of sp³-hybridized carbons (Fsp3) is 0.136. The van der Waals surface area contributed by atoms with Crippen LogP contribution in [0.3, 0.4) is 0 Å². The number of aromatic amines is 1. The lowest BCUT2D eigenvalue weighted by molar-refractivity contribution is -0.118. The zero-order chi connectivity index (χ0) is 22.0. The molecule has 1 aliphatic rings. The lowest BCUT2D eigenvalue weighted by Crippen LogP contribution is -2.21. The molecule has 2 aromatic carbocycles. The van der Waals surface area contributed by atoms with E-state index in [9.17, 15) is 10.1 Å². The van der Waals surface area contributed by atoms with Gasteiger partial charge < -0.3 is 20.5 Å². The van der Waals surface area contributed by atoms with E-state index < -0.39 is 5.92 Å². The first-order valence-corrected chi connectivity index (χ1v) is 9.74.